The van der Waals surface area contributed by atoms with Crippen molar-refractivity contribution in [3.63, 3.8) is 0 Å². The van der Waals surface area contributed by atoms with Crippen LogP contribution in [0.1, 0.15) is 45.5 Å². The van der Waals surface area contributed by atoms with Gasteiger partial charge in [-0.1, -0.05) is 19.1 Å². The van der Waals surface area contributed by atoms with Gasteiger partial charge in [-0.3, -0.25) is 4.79 Å². The van der Waals surface area contributed by atoms with E-state index in [4.69, 9.17) is 9.72 Å². The van der Waals surface area contributed by atoms with Gasteiger partial charge in [0.15, 0.2) is 0 Å². The number of imidazole rings is 1. The maximum Gasteiger partial charge on any atom is 0.220 e. The third kappa shape index (κ3) is 3.85. The summed E-state index contributed by atoms with van der Waals surface area (Å²) in [7, 11) is 0. The minimum Gasteiger partial charge on any atom is -0.380 e. The molecule has 2 aromatic rings. The first-order chi connectivity index (χ1) is 10.7. The lowest BCUT2D eigenvalue weighted by atomic mass is 10.2. The number of amides is 1. The highest BCUT2D eigenvalue weighted by atomic mass is 16.5. The highest BCUT2D eigenvalue weighted by Gasteiger charge is 2.17. The van der Waals surface area contributed by atoms with Crippen LogP contribution in [0.4, 0.5) is 0 Å². The molecule has 1 aromatic carbocycles. The number of nitrogens with zero attached hydrogens (tertiary/aromatic N) is 2. The van der Waals surface area contributed by atoms with Crippen LogP contribution in [0.25, 0.3) is 11.0 Å². The molecule has 1 amide bonds. The van der Waals surface area contributed by atoms with Crippen LogP contribution in [0.2, 0.25) is 0 Å². The summed E-state index contributed by atoms with van der Waals surface area (Å²) in [5.74, 6) is 0.948. The van der Waals surface area contributed by atoms with E-state index >= 15 is 0 Å². The molecule has 0 saturated heterocycles. The van der Waals surface area contributed by atoms with Crippen molar-refractivity contribution in [3.8, 4) is 0 Å². The maximum atomic E-state index is 11.8. The van der Waals surface area contributed by atoms with Crippen molar-refractivity contribution in [2.45, 2.75) is 46.2 Å². The lowest BCUT2D eigenvalue weighted by Crippen LogP contribution is -2.28. The number of aromatic nitrogens is 2. The Morgan fingerprint density at radius 3 is 2.86 bits per heavy atom. The van der Waals surface area contributed by atoms with Gasteiger partial charge in [-0.05, 0) is 32.4 Å². The predicted molar refractivity (Wildman–Crippen MR) is 87.7 cm³/mol. The molecule has 0 fully saturated rings. The van der Waals surface area contributed by atoms with E-state index < -0.39 is 0 Å². The lowest BCUT2D eigenvalue weighted by Gasteiger charge is -2.16. The van der Waals surface area contributed by atoms with Gasteiger partial charge in [0.25, 0.3) is 0 Å². The van der Waals surface area contributed by atoms with E-state index in [-0.39, 0.29) is 11.9 Å². The standard InChI is InChI=1S/C17H25N3O2/c1-4-8-16(21)18-13(3)17-19-14-9-6-7-10-15(14)20(17)11-12-22-5-2/h6-7,9-10,13H,4-5,8,11-12H2,1-3H3,(H,18,21). The summed E-state index contributed by atoms with van der Waals surface area (Å²) in [6, 6.07) is 7.92. The average molecular weight is 303 g/mol. The third-order valence-corrected chi connectivity index (χ3v) is 3.59. The SMILES string of the molecule is CCCC(=O)NC(C)c1nc2ccccc2n1CCOCC. The second-order valence-corrected chi connectivity index (χ2v) is 5.35. The molecular weight excluding hydrogens is 278 g/mol. The first-order valence-corrected chi connectivity index (χ1v) is 7.99. The van der Waals surface area contributed by atoms with Gasteiger partial charge in [0.05, 0.1) is 23.7 Å². The molecule has 5 nitrogen and oxygen atoms in total. The van der Waals surface area contributed by atoms with Gasteiger partial charge in [0, 0.05) is 19.6 Å². The Balaban J connectivity index is 2.26. The van der Waals surface area contributed by atoms with Gasteiger partial charge < -0.3 is 14.6 Å². The van der Waals surface area contributed by atoms with Crippen molar-refractivity contribution in [2.24, 2.45) is 0 Å². The van der Waals surface area contributed by atoms with Crippen LogP contribution in [0, 0.1) is 0 Å². The van der Waals surface area contributed by atoms with E-state index in [1.165, 1.54) is 0 Å². The highest BCUT2D eigenvalue weighted by Crippen LogP contribution is 2.20. The molecule has 22 heavy (non-hydrogen) atoms. The molecule has 0 spiro atoms. The van der Waals surface area contributed by atoms with E-state index in [2.05, 4.69) is 16.0 Å². The zero-order chi connectivity index (χ0) is 15.9. The Morgan fingerprint density at radius 1 is 1.36 bits per heavy atom. The summed E-state index contributed by atoms with van der Waals surface area (Å²) in [5.41, 5.74) is 2.03. The van der Waals surface area contributed by atoms with Crippen LogP contribution in [-0.2, 0) is 16.1 Å². The van der Waals surface area contributed by atoms with E-state index in [0.29, 0.717) is 19.6 Å². The fraction of sp³-hybridized carbons (Fsp3) is 0.529. The minimum atomic E-state index is -0.118. The van der Waals surface area contributed by atoms with Crippen molar-refractivity contribution < 1.29 is 9.53 Å². The van der Waals surface area contributed by atoms with Gasteiger partial charge in [-0.25, -0.2) is 4.98 Å². The average Bonchev–Trinajstić information content (AvgIpc) is 2.87. The molecule has 5 heteroatoms. The van der Waals surface area contributed by atoms with Crippen LogP contribution in [0.5, 0.6) is 0 Å². The van der Waals surface area contributed by atoms with Crippen LogP contribution >= 0.6 is 0 Å². The molecule has 2 rings (SSSR count). The van der Waals surface area contributed by atoms with E-state index in [9.17, 15) is 4.79 Å². The summed E-state index contributed by atoms with van der Waals surface area (Å²) in [5, 5.41) is 3.03. The predicted octanol–water partition coefficient (Wildman–Crippen LogP) is 3.05. The number of rotatable bonds is 8. The van der Waals surface area contributed by atoms with Crippen LogP contribution in [0.3, 0.4) is 0 Å². The minimum absolute atomic E-state index is 0.0680. The van der Waals surface area contributed by atoms with Crippen LogP contribution < -0.4 is 5.32 Å². The molecule has 0 saturated carbocycles. The van der Waals surface area contributed by atoms with Crippen molar-refractivity contribution >= 4 is 16.9 Å². The molecule has 0 aliphatic rings. The van der Waals surface area contributed by atoms with E-state index in [0.717, 1.165) is 29.8 Å². The molecule has 120 valence electrons. The number of fused-ring (bicyclic) bond motifs is 1. The number of hydrogen-bond acceptors (Lipinski definition) is 3. The molecule has 0 radical (unpaired) electrons. The van der Waals surface area contributed by atoms with Gasteiger partial charge in [-0.2, -0.15) is 0 Å². The van der Waals surface area contributed by atoms with Gasteiger partial charge in [0.2, 0.25) is 5.91 Å². The summed E-state index contributed by atoms with van der Waals surface area (Å²) in [4.78, 5) is 16.5. The number of carbonyl (C=O) groups excluding carboxylic acids is 1. The van der Waals surface area contributed by atoms with Crippen molar-refractivity contribution in [1.29, 1.82) is 0 Å². The summed E-state index contributed by atoms with van der Waals surface area (Å²) >= 11 is 0. The highest BCUT2D eigenvalue weighted by molar-refractivity contribution is 5.78. The summed E-state index contributed by atoms with van der Waals surface area (Å²) in [6.45, 7) is 8.04. The van der Waals surface area contributed by atoms with Gasteiger partial charge in [-0.15, -0.1) is 0 Å². The summed E-state index contributed by atoms with van der Waals surface area (Å²) < 4.78 is 7.61. The first kappa shape index (κ1) is 16.5. The number of carbonyl (C=O) groups is 1. The maximum absolute atomic E-state index is 11.8. The van der Waals surface area contributed by atoms with Gasteiger partial charge in [0.1, 0.15) is 5.82 Å². The second-order valence-electron chi connectivity index (χ2n) is 5.35. The normalized spacial score (nSPS) is 12.5. The first-order valence-electron chi connectivity index (χ1n) is 7.99. The largest absolute Gasteiger partial charge is 0.380 e. The fourth-order valence-corrected chi connectivity index (χ4v) is 2.57. The lowest BCUT2D eigenvalue weighted by molar-refractivity contribution is -0.121. The Hall–Kier alpha value is -1.88. The van der Waals surface area contributed by atoms with Crippen LogP contribution in [0.15, 0.2) is 24.3 Å². The summed E-state index contributed by atoms with van der Waals surface area (Å²) in [6.07, 6.45) is 1.39. The van der Waals surface area contributed by atoms with E-state index in [1.54, 1.807) is 0 Å². The molecule has 1 unspecified atom stereocenters. The van der Waals surface area contributed by atoms with E-state index in [1.807, 2.05) is 39.0 Å². The molecule has 1 heterocycles. The zero-order valence-corrected chi connectivity index (χ0v) is 13.6. The third-order valence-electron chi connectivity index (χ3n) is 3.59. The number of ether oxygens (including phenoxy) is 1. The number of para-hydroxylation sites is 2. The molecule has 1 N–H and O–H groups in total. The van der Waals surface area contributed by atoms with Crippen molar-refractivity contribution in [1.82, 2.24) is 14.9 Å². The van der Waals surface area contributed by atoms with Crippen molar-refractivity contribution in [3.05, 3.63) is 30.1 Å². The van der Waals surface area contributed by atoms with Crippen molar-refractivity contribution in [2.75, 3.05) is 13.2 Å². The topological polar surface area (TPSA) is 56.2 Å². The van der Waals surface area contributed by atoms with Gasteiger partial charge >= 0.3 is 0 Å². The number of benzene rings is 1. The monoisotopic (exact) mass is 303 g/mol. The Kier molecular flexibility index (Phi) is 5.95. The molecule has 1 aromatic heterocycles. The quantitative estimate of drug-likeness (QED) is 0.763. The Morgan fingerprint density at radius 2 is 2.14 bits per heavy atom. The molecule has 0 aliphatic carbocycles. The number of nitrogens with one attached hydrogen (secondary N) is 1. The number of hydrogen-bond donors (Lipinski definition) is 1. The molecule has 0 bridgehead atoms. The second kappa shape index (κ2) is 7.94. The molecule has 1 atom stereocenters. The molecule has 0 aliphatic heterocycles. The Labute approximate surface area is 131 Å². The Bertz CT molecular complexity index is 621. The molecular formula is C17H25N3O2. The smallest absolute Gasteiger partial charge is 0.220 e. The zero-order valence-electron chi connectivity index (χ0n) is 13.6. The fourth-order valence-electron chi connectivity index (χ4n) is 2.57. The van der Waals surface area contributed by atoms with Crippen LogP contribution in [-0.4, -0.2) is 28.7 Å².